The largest absolute Gasteiger partial charge is 0.394 e. The van der Waals surface area contributed by atoms with E-state index in [0.717, 1.165) is 38.5 Å². The Hall–Kier alpha value is -1.07. The molecule has 284 valence electrons. The first kappa shape index (κ1) is 45.0. The van der Waals surface area contributed by atoms with Crippen LogP contribution >= 0.6 is 0 Å². The van der Waals surface area contributed by atoms with Gasteiger partial charge in [-0.25, -0.2) is 0 Å². The molecule has 1 amide bonds. The molecular weight excluding hydrogens is 610 g/mol. The van der Waals surface area contributed by atoms with E-state index >= 15 is 0 Å². The van der Waals surface area contributed by atoms with E-state index < -0.39 is 49.5 Å². The Morgan fingerprint density at radius 1 is 0.688 bits per heavy atom. The Bertz CT molecular complexity index is 766. The van der Waals surface area contributed by atoms with Gasteiger partial charge in [0.05, 0.1) is 25.4 Å². The second kappa shape index (κ2) is 30.7. The lowest BCUT2D eigenvalue weighted by atomic mass is 9.99. The van der Waals surface area contributed by atoms with Crippen molar-refractivity contribution in [3.05, 3.63) is 12.2 Å². The number of allylic oxidation sites excluding steroid dienone is 2. The van der Waals surface area contributed by atoms with Crippen LogP contribution in [0, 0.1) is 0 Å². The number of ether oxygens (including phenoxy) is 2. The highest BCUT2D eigenvalue weighted by Crippen LogP contribution is 2.23. The molecule has 0 spiro atoms. The van der Waals surface area contributed by atoms with Gasteiger partial charge in [0.2, 0.25) is 5.91 Å². The monoisotopic (exact) mass is 686 g/mol. The molecule has 1 saturated heterocycles. The van der Waals surface area contributed by atoms with Crippen LogP contribution in [-0.4, -0.2) is 87.5 Å². The van der Waals surface area contributed by atoms with Gasteiger partial charge in [0.1, 0.15) is 24.4 Å². The maximum atomic E-state index is 12.9. The van der Waals surface area contributed by atoms with Gasteiger partial charge in [-0.05, 0) is 38.5 Å². The first-order valence-corrected chi connectivity index (χ1v) is 19.9. The molecule has 1 rings (SSSR count). The van der Waals surface area contributed by atoms with Crippen molar-refractivity contribution < 1.29 is 39.8 Å². The third-order valence-corrected chi connectivity index (χ3v) is 9.62. The van der Waals surface area contributed by atoms with Crippen LogP contribution in [0.5, 0.6) is 0 Å². The van der Waals surface area contributed by atoms with Crippen molar-refractivity contribution in [1.82, 2.24) is 5.32 Å². The number of carbonyl (C=O) groups excluding carboxylic acids is 1. The Labute approximate surface area is 293 Å². The van der Waals surface area contributed by atoms with Crippen LogP contribution < -0.4 is 5.32 Å². The highest BCUT2D eigenvalue weighted by Gasteiger charge is 2.44. The number of aliphatic hydroxyl groups excluding tert-OH is 5. The molecule has 0 aromatic heterocycles. The normalized spacial score (nSPS) is 22.7. The van der Waals surface area contributed by atoms with Crippen LogP contribution in [0.15, 0.2) is 12.2 Å². The summed E-state index contributed by atoms with van der Waals surface area (Å²) in [5, 5.41) is 53.9. The van der Waals surface area contributed by atoms with Crippen LogP contribution in [-0.2, 0) is 14.3 Å². The summed E-state index contributed by atoms with van der Waals surface area (Å²) in [5.41, 5.74) is 0. The summed E-state index contributed by atoms with van der Waals surface area (Å²) in [5.74, 6) is -0.153. The molecular formula is C39H75NO8. The van der Waals surface area contributed by atoms with Gasteiger partial charge in [0, 0.05) is 6.42 Å². The van der Waals surface area contributed by atoms with Gasteiger partial charge in [0.15, 0.2) is 6.29 Å². The predicted octanol–water partition coefficient (Wildman–Crippen LogP) is 7.00. The SMILES string of the molecule is CCCCCCCC/C=C\CCCCCCCCCC(=O)NC(COC1OC(CO)C(O)C(O)C1O)C(O)CCCCCCCCCC. The van der Waals surface area contributed by atoms with Gasteiger partial charge in [0.25, 0.3) is 0 Å². The van der Waals surface area contributed by atoms with Gasteiger partial charge in [-0.2, -0.15) is 0 Å². The summed E-state index contributed by atoms with van der Waals surface area (Å²) in [6, 6.07) is -0.714. The Morgan fingerprint density at radius 2 is 1.17 bits per heavy atom. The maximum Gasteiger partial charge on any atom is 0.220 e. The van der Waals surface area contributed by atoms with Crippen molar-refractivity contribution in [2.45, 2.75) is 217 Å². The number of carbonyl (C=O) groups is 1. The number of amides is 1. The van der Waals surface area contributed by atoms with Crippen LogP contribution in [0.1, 0.15) is 174 Å². The molecule has 1 heterocycles. The Balaban J connectivity index is 2.34. The van der Waals surface area contributed by atoms with E-state index in [1.807, 2.05) is 0 Å². The fourth-order valence-corrected chi connectivity index (χ4v) is 6.33. The van der Waals surface area contributed by atoms with E-state index in [-0.39, 0.29) is 12.5 Å². The van der Waals surface area contributed by atoms with Crippen LogP contribution in [0.3, 0.4) is 0 Å². The molecule has 1 aliphatic rings. The summed E-state index contributed by atoms with van der Waals surface area (Å²) in [7, 11) is 0. The highest BCUT2D eigenvalue weighted by atomic mass is 16.7. The number of nitrogens with one attached hydrogen (secondary N) is 1. The lowest BCUT2D eigenvalue weighted by molar-refractivity contribution is -0.302. The number of hydrogen-bond donors (Lipinski definition) is 6. The summed E-state index contributed by atoms with van der Waals surface area (Å²) in [4.78, 5) is 12.9. The summed E-state index contributed by atoms with van der Waals surface area (Å²) in [6.45, 7) is 3.77. The smallest absolute Gasteiger partial charge is 0.220 e. The van der Waals surface area contributed by atoms with E-state index in [4.69, 9.17) is 9.47 Å². The van der Waals surface area contributed by atoms with Crippen molar-refractivity contribution in [3.63, 3.8) is 0 Å². The Kier molecular flexibility index (Phi) is 28.8. The standard InChI is InChI=1S/C39H75NO8/c1-3-5-7-9-11-13-14-15-16-17-18-19-20-21-23-25-27-29-35(43)40-32(33(42)28-26-24-22-12-10-8-6-4-2)31-47-39-38(46)37(45)36(44)34(30-41)48-39/h15-16,32-34,36-39,41-42,44-46H,3-14,17-31H2,1-2H3,(H,40,43)/b16-15-. The molecule has 0 radical (unpaired) electrons. The van der Waals surface area contributed by atoms with E-state index in [9.17, 15) is 30.3 Å². The lowest BCUT2D eigenvalue weighted by Gasteiger charge is -2.40. The number of hydrogen-bond acceptors (Lipinski definition) is 8. The minimum atomic E-state index is -1.55. The third kappa shape index (κ3) is 21.9. The van der Waals surface area contributed by atoms with Crippen LogP contribution in [0.25, 0.3) is 0 Å². The lowest BCUT2D eigenvalue weighted by Crippen LogP contribution is -2.60. The zero-order valence-electron chi connectivity index (χ0n) is 30.7. The Morgan fingerprint density at radius 3 is 1.69 bits per heavy atom. The fourth-order valence-electron chi connectivity index (χ4n) is 6.33. The van der Waals surface area contributed by atoms with Crippen molar-refractivity contribution in [2.24, 2.45) is 0 Å². The zero-order valence-corrected chi connectivity index (χ0v) is 30.7. The molecule has 1 fully saturated rings. The van der Waals surface area contributed by atoms with Gasteiger partial charge < -0.3 is 40.3 Å². The second-order valence-electron chi connectivity index (χ2n) is 14.1. The van der Waals surface area contributed by atoms with Gasteiger partial charge in [-0.15, -0.1) is 0 Å². The van der Waals surface area contributed by atoms with Crippen molar-refractivity contribution in [2.75, 3.05) is 13.2 Å². The summed E-state index contributed by atoms with van der Waals surface area (Å²) < 4.78 is 11.2. The molecule has 48 heavy (non-hydrogen) atoms. The topological polar surface area (TPSA) is 149 Å². The van der Waals surface area contributed by atoms with Gasteiger partial charge in [-0.1, -0.05) is 142 Å². The average molecular weight is 686 g/mol. The molecule has 0 bridgehead atoms. The molecule has 7 atom stereocenters. The number of unbranched alkanes of at least 4 members (excludes halogenated alkanes) is 20. The van der Waals surface area contributed by atoms with Crippen molar-refractivity contribution >= 4 is 5.91 Å². The summed E-state index contributed by atoms with van der Waals surface area (Å²) in [6.07, 6.45) is 25.1. The number of aliphatic hydroxyl groups is 5. The zero-order chi connectivity index (χ0) is 35.2. The quantitative estimate of drug-likeness (QED) is 0.0328. The molecule has 1 aliphatic heterocycles. The van der Waals surface area contributed by atoms with E-state index in [1.54, 1.807) is 0 Å². The van der Waals surface area contributed by atoms with Crippen LogP contribution in [0.4, 0.5) is 0 Å². The highest BCUT2D eigenvalue weighted by molar-refractivity contribution is 5.76. The summed E-state index contributed by atoms with van der Waals surface area (Å²) >= 11 is 0. The predicted molar refractivity (Wildman–Crippen MR) is 194 cm³/mol. The first-order valence-electron chi connectivity index (χ1n) is 19.9. The molecule has 0 saturated carbocycles. The molecule has 0 aromatic carbocycles. The fraction of sp³-hybridized carbons (Fsp3) is 0.923. The van der Waals surface area contributed by atoms with Crippen molar-refractivity contribution in [3.8, 4) is 0 Å². The van der Waals surface area contributed by atoms with Crippen LogP contribution in [0.2, 0.25) is 0 Å². The molecule has 7 unspecified atom stereocenters. The van der Waals surface area contributed by atoms with E-state index in [1.165, 1.54) is 109 Å². The molecule has 0 aliphatic carbocycles. The molecule has 0 aromatic rings. The minimum Gasteiger partial charge on any atom is -0.394 e. The second-order valence-corrected chi connectivity index (χ2v) is 14.1. The third-order valence-electron chi connectivity index (χ3n) is 9.62. The molecule has 6 N–H and O–H groups in total. The first-order chi connectivity index (χ1) is 23.3. The molecule has 9 heteroatoms. The van der Waals surface area contributed by atoms with Crippen molar-refractivity contribution in [1.29, 1.82) is 0 Å². The van der Waals surface area contributed by atoms with E-state index in [0.29, 0.717) is 12.8 Å². The van der Waals surface area contributed by atoms with E-state index in [2.05, 4.69) is 31.3 Å². The van der Waals surface area contributed by atoms with Gasteiger partial charge >= 0.3 is 0 Å². The van der Waals surface area contributed by atoms with Gasteiger partial charge in [-0.3, -0.25) is 4.79 Å². The maximum absolute atomic E-state index is 12.9. The number of rotatable bonds is 32. The molecule has 9 nitrogen and oxygen atoms in total. The minimum absolute atomic E-state index is 0.138. The average Bonchev–Trinajstić information content (AvgIpc) is 3.08.